The number of amides is 2. The smallest absolute Gasteiger partial charge is 0.276 e. The van der Waals surface area contributed by atoms with Crippen LogP contribution in [0.4, 0.5) is 0 Å². The number of thiocarbonyl (C=S) groups is 1. The lowest BCUT2D eigenvalue weighted by atomic mass is 10.3. The molecule has 0 aliphatic rings. The average Bonchev–Trinajstić information content (AvgIpc) is 2.65. The highest BCUT2D eigenvalue weighted by Gasteiger charge is 2.10. The number of hydrogen-bond acceptors (Lipinski definition) is 5. The zero-order valence-electron chi connectivity index (χ0n) is 14.4. The Morgan fingerprint density at radius 1 is 0.862 bits per heavy atom. The van der Waals surface area contributed by atoms with Gasteiger partial charge in [0.2, 0.25) is 0 Å². The first kappa shape index (κ1) is 23.7. The van der Waals surface area contributed by atoms with Crippen LogP contribution in [-0.2, 0) is 9.59 Å². The van der Waals surface area contributed by atoms with Gasteiger partial charge in [0.25, 0.3) is 11.8 Å². The van der Waals surface area contributed by atoms with Crippen molar-refractivity contribution in [3.8, 4) is 11.5 Å². The van der Waals surface area contributed by atoms with Crippen molar-refractivity contribution in [3.05, 3.63) is 55.4 Å². The van der Waals surface area contributed by atoms with E-state index in [0.29, 0.717) is 21.5 Å². The van der Waals surface area contributed by atoms with Crippen LogP contribution in [0.5, 0.6) is 11.5 Å². The minimum absolute atomic E-state index is 0.115. The van der Waals surface area contributed by atoms with Crippen LogP contribution in [0.3, 0.4) is 0 Å². The summed E-state index contributed by atoms with van der Waals surface area (Å²) in [5, 5.41) is 2.94. The van der Waals surface area contributed by atoms with Crippen molar-refractivity contribution in [2.24, 2.45) is 0 Å². The van der Waals surface area contributed by atoms with Crippen molar-refractivity contribution in [2.45, 2.75) is 0 Å². The van der Waals surface area contributed by atoms with E-state index in [1.165, 1.54) is 0 Å². The van der Waals surface area contributed by atoms with E-state index < -0.39 is 11.8 Å². The molecule has 0 unspecified atom stereocenters. The first-order valence-corrected chi connectivity index (χ1v) is 10.5. The highest BCUT2D eigenvalue weighted by Crippen LogP contribution is 2.28. The van der Waals surface area contributed by atoms with Crippen molar-refractivity contribution >= 4 is 84.2 Å². The molecule has 29 heavy (non-hydrogen) atoms. The molecule has 0 bridgehead atoms. The zero-order chi connectivity index (χ0) is 21.4. The molecule has 0 saturated carbocycles. The third kappa shape index (κ3) is 8.35. The second-order valence-electron chi connectivity index (χ2n) is 5.28. The molecule has 0 aromatic heterocycles. The number of ether oxygens (including phenoxy) is 2. The van der Waals surface area contributed by atoms with Crippen LogP contribution in [0.2, 0.25) is 10.0 Å². The molecule has 0 fully saturated rings. The van der Waals surface area contributed by atoms with Crippen molar-refractivity contribution in [2.75, 3.05) is 13.2 Å². The highest BCUT2D eigenvalue weighted by atomic mass is 79.9. The van der Waals surface area contributed by atoms with Crippen LogP contribution in [0, 0.1) is 0 Å². The Kier molecular flexibility index (Phi) is 9.44. The SMILES string of the molecule is O=C(COc1ccc(Br)cc1Cl)NNC(=S)NC(=O)COc1ccc(Br)cc1Cl. The summed E-state index contributed by atoms with van der Waals surface area (Å²) in [5.41, 5.74) is 4.67. The quantitative estimate of drug-likeness (QED) is 0.351. The lowest BCUT2D eigenvalue weighted by molar-refractivity contribution is -0.124. The van der Waals surface area contributed by atoms with E-state index in [9.17, 15) is 9.59 Å². The molecule has 2 aromatic rings. The second kappa shape index (κ2) is 11.6. The van der Waals surface area contributed by atoms with Gasteiger partial charge in [0, 0.05) is 8.95 Å². The second-order valence-corrected chi connectivity index (χ2v) is 8.33. The number of hydrogen-bond donors (Lipinski definition) is 3. The van der Waals surface area contributed by atoms with E-state index in [4.69, 9.17) is 44.9 Å². The van der Waals surface area contributed by atoms with Gasteiger partial charge in [0.1, 0.15) is 11.5 Å². The normalized spacial score (nSPS) is 10.1. The topological polar surface area (TPSA) is 88.7 Å². The molecule has 0 heterocycles. The molecule has 12 heteroatoms. The van der Waals surface area contributed by atoms with Gasteiger partial charge in [0.15, 0.2) is 18.3 Å². The lowest BCUT2D eigenvalue weighted by Crippen LogP contribution is -2.50. The Bertz CT molecular complexity index is 934. The minimum Gasteiger partial charge on any atom is -0.482 e. The van der Waals surface area contributed by atoms with Gasteiger partial charge in [0.05, 0.1) is 10.0 Å². The molecular formula is C17H13Br2Cl2N3O4S. The maximum absolute atomic E-state index is 11.9. The molecule has 2 aromatic carbocycles. The molecule has 0 radical (unpaired) electrons. The fourth-order valence-corrected chi connectivity index (χ4v) is 3.45. The Morgan fingerprint density at radius 3 is 1.83 bits per heavy atom. The van der Waals surface area contributed by atoms with Crippen molar-refractivity contribution in [1.29, 1.82) is 0 Å². The molecule has 2 amide bonds. The third-order valence-electron chi connectivity index (χ3n) is 3.07. The Labute approximate surface area is 198 Å². The number of rotatable bonds is 6. The number of carbonyl (C=O) groups excluding carboxylic acids is 2. The average molecular weight is 586 g/mol. The maximum atomic E-state index is 11.9. The maximum Gasteiger partial charge on any atom is 0.276 e. The monoisotopic (exact) mass is 583 g/mol. The predicted octanol–water partition coefficient (Wildman–Crippen LogP) is 4.00. The van der Waals surface area contributed by atoms with Crippen LogP contribution in [0.15, 0.2) is 45.3 Å². The summed E-state index contributed by atoms with van der Waals surface area (Å²) < 4.78 is 12.2. The van der Waals surface area contributed by atoms with Gasteiger partial charge >= 0.3 is 0 Å². The Hall–Kier alpha value is -1.59. The number of halogens is 4. The fraction of sp³-hybridized carbons (Fsp3) is 0.118. The van der Waals surface area contributed by atoms with Gasteiger partial charge in [-0.2, -0.15) is 0 Å². The summed E-state index contributed by atoms with van der Waals surface area (Å²) >= 11 is 23.5. The molecule has 3 N–H and O–H groups in total. The molecule has 0 saturated heterocycles. The summed E-state index contributed by atoms with van der Waals surface area (Å²) in [6, 6.07) is 9.97. The van der Waals surface area contributed by atoms with Gasteiger partial charge in [-0.1, -0.05) is 55.1 Å². The number of hydrazine groups is 1. The van der Waals surface area contributed by atoms with E-state index in [-0.39, 0.29) is 18.3 Å². The van der Waals surface area contributed by atoms with Crippen molar-refractivity contribution in [1.82, 2.24) is 16.2 Å². The molecule has 2 rings (SSSR count). The molecular weight excluding hydrogens is 573 g/mol. The highest BCUT2D eigenvalue weighted by molar-refractivity contribution is 9.10. The predicted molar refractivity (Wildman–Crippen MR) is 121 cm³/mol. The molecule has 0 spiro atoms. The summed E-state index contributed by atoms with van der Waals surface area (Å²) in [4.78, 5) is 23.6. The zero-order valence-corrected chi connectivity index (χ0v) is 19.9. The first-order valence-electron chi connectivity index (χ1n) is 7.79. The van der Waals surface area contributed by atoms with E-state index in [1.807, 2.05) is 0 Å². The summed E-state index contributed by atoms with van der Waals surface area (Å²) in [7, 11) is 0. The van der Waals surface area contributed by atoms with Gasteiger partial charge in [-0.25, -0.2) is 0 Å². The van der Waals surface area contributed by atoms with Gasteiger partial charge < -0.3 is 9.47 Å². The summed E-state index contributed by atoms with van der Waals surface area (Å²) in [5.74, 6) is -0.363. The van der Waals surface area contributed by atoms with Crippen LogP contribution in [0.1, 0.15) is 0 Å². The first-order chi connectivity index (χ1) is 13.7. The largest absolute Gasteiger partial charge is 0.482 e. The lowest BCUT2D eigenvalue weighted by Gasteiger charge is -2.12. The fourth-order valence-electron chi connectivity index (χ4n) is 1.83. The van der Waals surface area contributed by atoms with E-state index >= 15 is 0 Å². The molecule has 0 aliphatic heterocycles. The molecule has 154 valence electrons. The number of benzene rings is 2. The standard InChI is InChI=1S/C17H13Br2Cl2N3O4S/c18-9-1-3-13(11(20)5-9)27-7-15(25)22-17(29)24-23-16(26)8-28-14-4-2-10(19)6-12(14)21/h1-6H,7-8H2,(H,23,26)(H2,22,24,25,29). The molecule has 7 nitrogen and oxygen atoms in total. The van der Waals surface area contributed by atoms with Crippen LogP contribution in [0.25, 0.3) is 0 Å². The number of nitrogens with one attached hydrogen (secondary N) is 3. The van der Waals surface area contributed by atoms with Crippen LogP contribution in [-0.4, -0.2) is 30.1 Å². The van der Waals surface area contributed by atoms with E-state index in [2.05, 4.69) is 48.0 Å². The summed E-state index contributed by atoms with van der Waals surface area (Å²) in [6.07, 6.45) is 0. The van der Waals surface area contributed by atoms with E-state index in [1.54, 1.807) is 36.4 Å². The van der Waals surface area contributed by atoms with Gasteiger partial charge in [-0.05, 0) is 48.6 Å². The Morgan fingerprint density at radius 2 is 1.34 bits per heavy atom. The minimum atomic E-state index is -0.534. The van der Waals surface area contributed by atoms with Gasteiger partial charge in [-0.15, -0.1) is 0 Å². The van der Waals surface area contributed by atoms with Crippen LogP contribution >= 0.6 is 67.3 Å². The molecule has 0 atom stereocenters. The number of carbonyl (C=O) groups is 2. The Balaban J connectivity index is 1.68. The summed E-state index contributed by atoms with van der Waals surface area (Å²) in [6.45, 7) is -0.627. The van der Waals surface area contributed by atoms with Gasteiger partial charge in [-0.3, -0.25) is 25.8 Å². The van der Waals surface area contributed by atoms with Crippen molar-refractivity contribution < 1.29 is 19.1 Å². The van der Waals surface area contributed by atoms with Crippen LogP contribution < -0.4 is 25.6 Å². The molecule has 0 aliphatic carbocycles. The third-order valence-corrected chi connectivity index (χ3v) is 4.86. The van der Waals surface area contributed by atoms with E-state index in [0.717, 1.165) is 8.95 Å². The van der Waals surface area contributed by atoms with Crippen molar-refractivity contribution in [3.63, 3.8) is 0 Å².